The van der Waals surface area contributed by atoms with Crippen LogP contribution in [-0.2, 0) is 9.59 Å². The molecule has 0 rings (SSSR count). The molecule has 0 bridgehead atoms. The highest BCUT2D eigenvalue weighted by Crippen LogP contribution is 2.09. The Morgan fingerprint density at radius 3 is 2.70 bits per heavy atom. The molecule has 0 aromatic heterocycles. The Bertz CT molecular complexity index is 336. The van der Waals surface area contributed by atoms with Crippen molar-refractivity contribution in [2.75, 3.05) is 0 Å². The molecule has 1 atom stereocenters. The lowest BCUT2D eigenvalue weighted by Crippen LogP contribution is -2.39. The first kappa shape index (κ1) is 2.62. The van der Waals surface area contributed by atoms with Crippen molar-refractivity contribution in [3.8, 4) is 0 Å². The summed E-state index contributed by atoms with van der Waals surface area (Å²) in [6, 6.07) is 0. The van der Waals surface area contributed by atoms with Crippen LogP contribution in [-0.4, -0.2) is 27.6 Å². The van der Waals surface area contributed by atoms with E-state index >= 15 is 0 Å². The lowest BCUT2D eigenvalue weighted by atomic mass is 10.0. The quantitative estimate of drug-likeness (QED) is 0.436. The minimum absolute atomic E-state index is 2.24. The number of carboxylic acid groups (broad SMARTS) is 1. The van der Waals surface area contributed by atoms with Gasteiger partial charge < -0.3 is 10.2 Å². The summed E-state index contributed by atoms with van der Waals surface area (Å²) < 4.78 is 48.3. The minimum atomic E-state index is -3.77. The van der Waals surface area contributed by atoms with Gasteiger partial charge in [-0.05, 0) is 13.2 Å². The lowest BCUT2D eigenvalue weighted by molar-refractivity contribution is -0.158. The summed E-state index contributed by atoms with van der Waals surface area (Å²) in [5, 5.41) is 17.9. The number of hydrogen-bond donors (Lipinski definition) is 2. The van der Waals surface area contributed by atoms with E-state index in [9.17, 15) is 14.7 Å². The zero-order valence-electron chi connectivity index (χ0n) is 11.8. The van der Waals surface area contributed by atoms with Crippen molar-refractivity contribution in [3.05, 3.63) is 0 Å². The third kappa shape index (κ3) is 1.80. The van der Waals surface area contributed by atoms with Crippen LogP contribution in [0.3, 0.4) is 0 Å². The van der Waals surface area contributed by atoms with Crippen molar-refractivity contribution >= 4 is 11.8 Å². The highest BCUT2D eigenvalue weighted by molar-refractivity contribution is 6.35. The van der Waals surface area contributed by atoms with Gasteiger partial charge in [-0.2, -0.15) is 0 Å². The van der Waals surface area contributed by atoms with Crippen LogP contribution >= 0.6 is 0 Å². The van der Waals surface area contributed by atoms with Gasteiger partial charge in [0.25, 0.3) is 5.78 Å². The van der Waals surface area contributed by atoms with Gasteiger partial charge in [-0.25, -0.2) is 4.79 Å². The van der Waals surface area contributed by atoms with E-state index in [1.165, 1.54) is 0 Å². The predicted octanol–water partition coefficient (Wildman–Crippen LogP) is -0.199. The summed E-state index contributed by atoms with van der Waals surface area (Å²) in [4.78, 5) is 21.5. The number of hydrogen-bond acceptors (Lipinski definition) is 3. The van der Waals surface area contributed by atoms with Crippen LogP contribution in [0, 0.1) is 0 Å². The maximum atomic E-state index is 11.1. The molecule has 10 heavy (non-hydrogen) atoms. The molecule has 2 N–H and O–H groups in total. The summed E-state index contributed by atoms with van der Waals surface area (Å²) in [5.74, 6) is -4.56. The maximum Gasteiger partial charge on any atom is 0.375 e. The van der Waals surface area contributed by atoms with Crippen LogP contribution < -0.4 is 0 Å². The van der Waals surface area contributed by atoms with E-state index in [0.29, 0.717) is 0 Å². The van der Waals surface area contributed by atoms with Crippen LogP contribution in [0.4, 0.5) is 0 Å². The van der Waals surface area contributed by atoms with Gasteiger partial charge in [0.2, 0.25) is 0 Å². The number of carboxylic acids is 1. The molecular formula is C6H10O4. The normalized spacial score (nSPS) is 29.2. The van der Waals surface area contributed by atoms with Gasteiger partial charge in [-0.15, -0.1) is 0 Å². The van der Waals surface area contributed by atoms with Gasteiger partial charge >= 0.3 is 5.97 Å². The molecule has 58 valence electrons. The van der Waals surface area contributed by atoms with E-state index in [2.05, 4.69) is 0 Å². The molecule has 0 aliphatic rings. The molecule has 1 unspecified atom stereocenters. The minimum Gasteiger partial charge on any atom is -0.475 e. The Kier molecular flexibility index (Phi) is 0.730. The fourth-order valence-electron chi connectivity index (χ4n) is 0.220. The Morgan fingerprint density at radius 2 is 2.40 bits per heavy atom. The zero-order chi connectivity index (χ0) is 14.2. The van der Waals surface area contributed by atoms with Gasteiger partial charge in [0.05, 0.1) is 0 Å². The van der Waals surface area contributed by atoms with Crippen LogP contribution in [0.5, 0.6) is 0 Å². The lowest BCUT2D eigenvalue weighted by Gasteiger charge is -2.15. The number of carbonyl (C=O) groups excluding carboxylic acids is 1. The standard InChI is InChI=1S/C6H10O4/c1-3-6(2,10)4(7)5(8)9/h10H,3H2,1-2H3,(H,8,9)/i1D3,2+1D2,3D2. The van der Waals surface area contributed by atoms with E-state index in [1.807, 2.05) is 0 Å². The fourth-order valence-corrected chi connectivity index (χ4v) is 0.220. The first-order valence-corrected chi connectivity index (χ1v) is 2.14. The summed E-state index contributed by atoms with van der Waals surface area (Å²) in [5.41, 5.74) is -3.77. The number of rotatable bonds is 3. The number of aliphatic hydroxyl groups is 1. The molecule has 0 fully saturated rings. The fraction of sp³-hybridized carbons (Fsp3) is 0.667. The highest BCUT2D eigenvalue weighted by Gasteiger charge is 2.33. The topological polar surface area (TPSA) is 74.6 Å². The molecule has 0 saturated heterocycles. The largest absolute Gasteiger partial charge is 0.475 e. The second-order valence-corrected chi connectivity index (χ2v) is 1.53. The van der Waals surface area contributed by atoms with Crippen molar-refractivity contribution < 1.29 is 29.4 Å². The molecule has 0 amide bonds. The van der Waals surface area contributed by atoms with Crippen LogP contribution in [0.25, 0.3) is 0 Å². The van der Waals surface area contributed by atoms with Crippen LogP contribution in [0.1, 0.15) is 29.7 Å². The summed E-state index contributed by atoms with van der Waals surface area (Å²) >= 11 is 0. The SMILES string of the molecule is [2H][13CH]([2H])C(O)(C(=O)C(=O)O)C([2H])([2H])C([2H])([2H])[2H]. The maximum absolute atomic E-state index is 11.1. The molecule has 0 aromatic rings. The molecule has 0 radical (unpaired) electrons. The zero-order valence-corrected chi connectivity index (χ0v) is 4.79. The summed E-state index contributed by atoms with van der Waals surface area (Å²) in [6.45, 7) is -6.27. The third-order valence-electron chi connectivity index (χ3n) is 0.731. The van der Waals surface area contributed by atoms with E-state index in [1.54, 1.807) is 0 Å². The van der Waals surface area contributed by atoms with Gasteiger partial charge in [-0.1, -0.05) is 6.85 Å². The smallest absolute Gasteiger partial charge is 0.375 e. The van der Waals surface area contributed by atoms with Crippen molar-refractivity contribution in [1.29, 1.82) is 0 Å². The van der Waals surface area contributed by atoms with Gasteiger partial charge in [0.1, 0.15) is 5.60 Å². The molecule has 0 aliphatic carbocycles. The molecule has 0 saturated carbocycles. The van der Waals surface area contributed by atoms with E-state index in [0.717, 1.165) is 0 Å². The average Bonchev–Trinajstić information content (AvgIpc) is 2.12. The number of Topliss-reactive ketones (excluding diaryl/α,β-unsaturated/α-hetero) is 1. The Labute approximate surface area is 68.3 Å². The van der Waals surface area contributed by atoms with Gasteiger partial charge in [-0.3, -0.25) is 4.79 Å². The Morgan fingerprint density at radius 1 is 1.80 bits per heavy atom. The molecule has 4 nitrogen and oxygen atoms in total. The van der Waals surface area contributed by atoms with E-state index in [4.69, 9.17) is 14.7 Å². The van der Waals surface area contributed by atoms with Crippen molar-refractivity contribution in [2.45, 2.75) is 25.7 Å². The second kappa shape index (κ2) is 2.79. The number of ketones is 1. The van der Waals surface area contributed by atoms with Crippen LogP contribution in [0.15, 0.2) is 0 Å². The Balaban J connectivity index is 5.85. The van der Waals surface area contributed by atoms with Crippen LogP contribution in [0.2, 0.25) is 0 Å². The second-order valence-electron chi connectivity index (χ2n) is 1.53. The highest BCUT2D eigenvalue weighted by atomic mass is 16.4. The van der Waals surface area contributed by atoms with Gasteiger partial charge in [0.15, 0.2) is 0 Å². The van der Waals surface area contributed by atoms with Crippen molar-refractivity contribution in [1.82, 2.24) is 0 Å². The molecule has 4 heteroatoms. The third-order valence-corrected chi connectivity index (χ3v) is 0.731. The summed E-state index contributed by atoms with van der Waals surface area (Å²) in [6.07, 6.45) is -3.73. The number of aliphatic carboxylic acids is 1. The molecular weight excluding hydrogens is 137 g/mol. The summed E-state index contributed by atoms with van der Waals surface area (Å²) in [7, 11) is 0. The predicted molar refractivity (Wildman–Crippen MR) is 33.6 cm³/mol. The van der Waals surface area contributed by atoms with Crippen molar-refractivity contribution in [2.24, 2.45) is 0 Å². The average molecular weight is 154 g/mol. The van der Waals surface area contributed by atoms with Crippen molar-refractivity contribution in [3.63, 3.8) is 0 Å². The number of carbonyl (C=O) groups is 2. The van der Waals surface area contributed by atoms with E-state index < -0.39 is 37.5 Å². The first-order chi connectivity index (χ1) is 7.30. The molecule has 0 spiro atoms. The molecule has 0 aliphatic heterocycles. The Hall–Kier alpha value is -0.900. The molecule has 0 aromatic carbocycles. The molecule has 0 heterocycles. The van der Waals surface area contributed by atoms with Gasteiger partial charge in [0, 0.05) is 9.60 Å². The monoisotopic (exact) mass is 154 g/mol. The first-order valence-electron chi connectivity index (χ1n) is 5.80. The van der Waals surface area contributed by atoms with E-state index in [-0.39, 0.29) is 0 Å².